The lowest BCUT2D eigenvalue weighted by Gasteiger charge is -2.17. The quantitative estimate of drug-likeness (QED) is 0.545. The monoisotopic (exact) mass is 377 g/mol. The lowest BCUT2D eigenvalue weighted by Crippen LogP contribution is -2.36. The van der Waals surface area contributed by atoms with Gasteiger partial charge in [-0.3, -0.25) is 14.4 Å². The maximum atomic E-state index is 12.1. The van der Waals surface area contributed by atoms with Crippen molar-refractivity contribution in [1.29, 1.82) is 0 Å². The molecule has 0 saturated carbocycles. The van der Waals surface area contributed by atoms with Crippen LogP contribution < -0.4 is 16.0 Å². The van der Waals surface area contributed by atoms with Crippen molar-refractivity contribution in [3.63, 3.8) is 0 Å². The molecular weight excluding hydrogens is 346 g/mol. The first-order valence-corrected chi connectivity index (χ1v) is 9.28. The van der Waals surface area contributed by atoms with Crippen LogP contribution in [0.2, 0.25) is 0 Å². The predicted octanol–water partition coefficient (Wildman–Crippen LogP) is 2.33. The number of carbonyl (C=O) groups excluding carboxylic acids is 3. The summed E-state index contributed by atoms with van der Waals surface area (Å²) in [5, 5.41) is 8.30. The van der Waals surface area contributed by atoms with E-state index in [2.05, 4.69) is 16.0 Å². The molecule has 7 nitrogen and oxygen atoms in total. The Hall–Kier alpha value is -2.41. The minimum atomic E-state index is -0.485. The highest BCUT2D eigenvalue weighted by molar-refractivity contribution is 5.97. The average molecular weight is 377 g/mol. The fraction of sp³-hybridized carbons (Fsp3) is 0.550. The summed E-state index contributed by atoms with van der Waals surface area (Å²) in [7, 11) is 0. The zero-order chi connectivity index (χ0) is 20.3. The highest BCUT2D eigenvalue weighted by Gasteiger charge is 2.20. The third kappa shape index (κ3) is 9.19. The Kier molecular flexibility index (Phi) is 9.50. The topological polar surface area (TPSA) is 96.5 Å². The molecule has 1 aromatic carbocycles. The third-order valence-corrected chi connectivity index (χ3v) is 3.68. The van der Waals surface area contributed by atoms with Crippen molar-refractivity contribution in [3.05, 3.63) is 29.8 Å². The van der Waals surface area contributed by atoms with Gasteiger partial charge in [-0.25, -0.2) is 0 Å². The summed E-state index contributed by atoms with van der Waals surface area (Å²) < 4.78 is 5.22. The number of benzene rings is 1. The third-order valence-electron chi connectivity index (χ3n) is 3.68. The first-order valence-electron chi connectivity index (χ1n) is 9.28. The smallest absolute Gasteiger partial charge is 0.251 e. The summed E-state index contributed by atoms with van der Waals surface area (Å²) in [6.07, 6.45) is 0.909. The van der Waals surface area contributed by atoms with Crippen molar-refractivity contribution in [2.75, 3.05) is 31.6 Å². The van der Waals surface area contributed by atoms with Crippen molar-refractivity contribution >= 4 is 23.4 Å². The molecule has 0 aliphatic rings. The highest BCUT2D eigenvalue weighted by Crippen LogP contribution is 2.13. The Labute approximate surface area is 161 Å². The molecule has 7 heteroatoms. The molecule has 0 fully saturated rings. The molecule has 3 N–H and O–H groups in total. The number of hydrogen-bond acceptors (Lipinski definition) is 4. The second-order valence-electron chi connectivity index (χ2n) is 7.19. The van der Waals surface area contributed by atoms with Crippen molar-refractivity contribution in [3.8, 4) is 0 Å². The van der Waals surface area contributed by atoms with E-state index in [0.29, 0.717) is 31.0 Å². The van der Waals surface area contributed by atoms with Crippen LogP contribution in [-0.4, -0.2) is 44.0 Å². The first kappa shape index (κ1) is 22.6. The van der Waals surface area contributed by atoms with E-state index < -0.39 is 5.41 Å². The van der Waals surface area contributed by atoms with Gasteiger partial charge in [0.2, 0.25) is 11.8 Å². The fourth-order valence-electron chi connectivity index (χ4n) is 2.14. The van der Waals surface area contributed by atoms with Gasteiger partial charge in [0.25, 0.3) is 5.91 Å². The number of hydrogen-bond donors (Lipinski definition) is 3. The molecule has 0 aromatic heterocycles. The molecule has 0 atom stereocenters. The minimum absolute atomic E-state index is 0.0988. The number of amides is 3. The Morgan fingerprint density at radius 1 is 1.07 bits per heavy atom. The lowest BCUT2D eigenvalue weighted by atomic mass is 9.96. The SMILES string of the molecule is CCOCCCNC(=O)c1cccc(NC(=O)CCNC(=O)C(C)(C)C)c1. The molecule has 0 bridgehead atoms. The fourth-order valence-corrected chi connectivity index (χ4v) is 2.14. The van der Waals surface area contributed by atoms with E-state index >= 15 is 0 Å². The molecule has 0 aliphatic heterocycles. The molecule has 0 radical (unpaired) electrons. The molecule has 27 heavy (non-hydrogen) atoms. The van der Waals surface area contributed by atoms with Gasteiger partial charge < -0.3 is 20.7 Å². The van der Waals surface area contributed by atoms with E-state index in [1.807, 2.05) is 27.7 Å². The number of nitrogens with one attached hydrogen (secondary N) is 3. The molecule has 0 unspecified atom stereocenters. The van der Waals surface area contributed by atoms with Crippen LogP contribution in [0, 0.1) is 5.41 Å². The van der Waals surface area contributed by atoms with Gasteiger partial charge >= 0.3 is 0 Å². The van der Waals surface area contributed by atoms with E-state index in [-0.39, 0.29) is 30.7 Å². The second kappa shape index (κ2) is 11.3. The van der Waals surface area contributed by atoms with Crippen LogP contribution in [0.25, 0.3) is 0 Å². The van der Waals surface area contributed by atoms with Gasteiger partial charge in [0.15, 0.2) is 0 Å². The predicted molar refractivity (Wildman–Crippen MR) is 106 cm³/mol. The maximum absolute atomic E-state index is 12.1. The molecular formula is C20H31N3O4. The maximum Gasteiger partial charge on any atom is 0.251 e. The Bertz CT molecular complexity index is 638. The van der Waals surface area contributed by atoms with E-state index in [0.717, 1.165) is 6.42 Å². The molecule has 150 valence electrons. The average Bonchev–Trinajstić information content (AvgIpc) is 2.60. The molecule has 0 aliphatic carbocycles. The summed E-state index contributed by atoms with van der Waals surface area (Å²) in [6.45, 7) is 9.44. The largest absolute Gasteiger partial charge is 0.382 e. The van der Waals surface area contributed by atoms with E-state index in [1.165, 1.54) is 0 Å². The van der Waals surface area contributed by atoms with Crippen molar-refractivity contribution in [2.45, 2.75) is 40.5 Å². The number of ether oxygens (including phenoxy) is 1. The van der Waals surface area contributed by atoms with Crippen LogP contribution in [-0.2, 0) is 14.3 Å². The molecule has 0 saturated heterocycles. The van der Waals surface area contributed by atoms with Gasteiger partial charge in [-0.1, -0.05) is 26.8 Å². The van der Waals surface area contributed by atoms with Gasteiger partial charge in [0.1, 0.15) is 0 Å². The van der Waals surface area contributed by atoms with E-state index in [4.69, 9.17) is 4.74 Å². The van der Waals surface area contributed by atoms with Gasteiger partial charge in [0.05, 0.1) is 0 Å². The Morgan fingerprint density at radius 2 is 1.81 bits per heavy atom. The van der Waals surface area contributed by atoms with Crippen LogP contribution in [0.3, 0.4) is 0 Å². The van der Waals surface area contributed by atoms with Gasteiger partial charge in [-0.05, 0) is 31.5 Å². The van der Waals surface area contributed by atoms with Gasteiger partial charge in [0, 0.05) is 49.4 Å². The highest BCUT2D eigenvalue weighted by atomic mass is 16.5. The number of carbonyl (C=O) groups is 3. The molecule has 0 spiro atoms. The van der Waals surface area contributed by atoms with Gasteiger partial charge in [-0.15, -0.1) is 0 Å². The van der Waals surface area contributed by atoms with Gasteiger partial charge in [-0.2, -0.15) is 0 Å². The summed E-state index contributed by atoms with van der Waals surface area (Å²) in [5.74, 6) is -0.517. The summed E-state index contributed by atoms with van der Waals surface area (Å²) in [5.41, 5.74) is 0.537. The zero-order valence-corrected chi connectivity index (χ0v) is 16.7. The van der Waals surface area contributed by atoms with Crippen LogP contribution >= 0.6 is 0 Å². The summed E-state index contributed by atoms with van der Waals surface area (Å²) >= 11 is 0. The summed E-state index contributed by atoms with van der Waals surface area (Å²) in [6, 6.07) is 6.75. The number of rotatable bonds is 10. The number of anilines is 1. The standard InChI is InChI=1S/C20H31N3O4/c1-5-27-13-7-11-21-18(25)15-8-6-9-16(14-15)23-17(24)10-12-22-19(26)20(2,3)4/h6,8-9,14H,5,7,10-13H2,1-4H3,(H,21,25)(H,22,26)(H,23,24). The van der Waals surface area contributed by atoms with E-state index in [9.17, 15) is 14.4 Å². The normalized spacial score (nSPS) is 11.0. The minimum Gasteiger partial charge on any atom is -0.382 e. The lowest BCUT2D eigenvalue weighted by molar-refractivity contribution is -0.128. The zero-order valence-electron chi connectivity index (χ0n) is 16.7. The molecule has 0 heterocycles. The van der Waals surface area contributed by atoms with Crippen LogP contribution in [0.4, 0.5) is 5.69 Å². The molecule has 1 aromatic rings. The summed E-state index contributed by atoms with van der Waals surface area (Å²) in [4.78, 5) is 35.9. The van der Waals surface area contributed by atoms with Crippen molar-refractivity contribution < 1.29 is 19.1 Å². The second-order valence-corrected chi connectivity index (χ2v) is 7.19. The van der Waals surface area contributed by atoms with E-state index in [1.54, 1.807) is 24.3 Å². The van der Waals surface area contributed by atoms with Crippen molar-refractivity contribution in [2.24, 2.45) is 5.41 Å². The van der Waals surface area contributed by atoms with Crippen molar-refractivity contribution in [1.82, 2.24) is 10.6 Å². The van der Waals surface area contributed by atoms with Crippen LogP contribution in [0.5, 0.6) is 0 Å². The van der Waals surface area contributed by atoms with Crippen LogP contribution in [0.1, 0.15) is 50.9 Å². The Balaban J connectivity index is 2.43. The first-order chi connectivity index (χ1) is 12.7. The van der Waals surface area contributed by atoms with Crippen LogP contribution in [0.15, 0.2) is 24.3 Å². The molecule has 3 amide bonds. The molecule has 1 rings (SSSR count). The Morgan fingerprint density at radius 3 is 2.48 bits per heavy atom.